The molecule has 0 aliphatic rings. The van der Waals surface area contributed by atoms with E-state index in [1.807, 2.05) is 0 Å². The summed E-state index contributed by atoms with van der Waals surface area (Å²) in [4.78, 5) is 12.0. The second-order valence-corrected chi connectivity index (χ2v) is 4.15. The van der Waals surface area contributed by atoms with E-state index < -0.39 is 0 Å². The minimum Gasteiger partial charge on any atom is -0.494 e. The largest absolute Gasteiger partial charge is 0.494 e. The number of rotatable bonds is 8. The van der Waals surface area contributed by atoms with E-state index in [1.165, 1.54) is 7.11 Å². The number of carbonyl (C=O) groups is 1. The summed E-state index contributed by atoms with van der Waals surface area (Å²) >= 11 is 0. The van der Waals surface area contributed by atoms with E-state index >= 15 is 0 Å². The van der Waals surface area contributed by atoms with Crippen molar-refractivity contribution in [2.24, 2.45) is 0 Å². The highest BCUT2D eigenvalue weighted by Crippen LogP contribution is 2.25. The normalized spacial score (nSPS) is 10.2. The van der Waals surface area contributed by atoms with Gasteiger partial charge in [-0.3, -0.25) is 4.79 Å². The number of carbonyl (C=O) groups excluding carboxylic acids is 1. The fourth-order valence-corrected chi connectivity index (χ4v) is 1.64. The van der Waals surface area contributed by atoms with Crippen LogP contribution in [0, 0.1) is 0 Å². The number of anilines is 1. The van der Waals surface area contributed by atoms with Crippen LogP contribution in [0.4, 0.5) is 5.69 Å². The molecule has 1 rings (SSSR count). The second kappa shape index (κ2) is 8.37. The molecule has 0 saturated heterocycles. The van der Waals surface area contributed by atoms with Gasteiger partial charge in [-0.15, -0.1) is 0 Å². The van der Waals surface area contributed by atoms with Crippen LogP contribution in [0.3, 0.4) is 0 Å². The molecule has 19 heavy (non-hydrogen) atoms. The molecule has 0 heterocycles. The van der Waals surface area contributed by atoms with E-state index in [4.69, 9.17) is 15.2 Å². The summed E-state index contributed by atoms with van der Waals surface area (Å²) in [7, 11) is 1.50. The number of nitrogens with one attached hydrogen (secondary N) is 1. The van der Waals surface area contributed by atoms with Crippen molar-refractivity contribution in [3.8, 4) is 5.75 Å². The van der Waals surface area contributed by atoms with E-state index in [2.05, 4.69) is 12.2 Å². The maximum absolute atomic E-state index is 12.0. The van der Waals surface area contributed by atoms with Gasteiger partial charge in [0.2, 0.25) is 0 Å². The number of benzene rings is 1. The molecule has 0 unspecified atom stereocenters. The van der Waals surface area contributed by atoms with Gasteiger partial charge in [-0.25, -0.2) is 0 Å². The van der Waals surface area contributed by atoms with Crippen LogP contribution in [0.1, 0.15) is 30.1 Å². The third kappa shape index (κ3) is 4.79. The second-order valence-electron chi connectivity index (χ2n) is 4.15. The number of hydrogen-bond donors (Lipinski definition) is 2. The highest BCUT2D eigenvalue weighted by molar-refractivity contribution is 5.98. The van der Waals surface area contributed by atoms with Gasteiger partial charge in [-0.2, -0.15) is 0 Å². The molecular formula is C14H22N2O3. The topological polar surface area (TPSA) is 73.6 Å². The average Bonchev–Trinajstić information content (AvgIpc) is 2.42. The van der Waals surface area contributed by atoms with E-state index in [9.17, 15) is 4.79 Å². The molecule has 0 aliphatic heterocycles. The first-order valence-corrected chi connectivity index (χ1v) is 6.49. The minimum absolute atomic E-state index is 0.205. The third-order valence-electron chi connectivity index (χ3n) is 2.67. The number of nitrogens with two attached hydrogens (primary N) is 1. The number of amides is 1. The van der Waals surface area contributed by atoms with Crippen LogP contribution in [0.15, 0.2) is 18.2 Å². The number of nitrogen functional groups attached to an aromatic ring is 1. The van der Waals surface area contributed by atoms with Gasteiger partial charge in [0, 0.05) is 13.2 Å². The maximum Gasteiger partial charge on any atom is 0.255 e. The molecule has 0 bridgehead atoms. The predicted molar refractivity (Wildman–Crippen MR) is 75.5 cm³/mol. The first-order valence-electron chi connectivity index (χ1n) is 6.49. The van der Waals surface area contributed by atoms with Crippen molar-refractivity contribution in [1.82, 2.24) is 5.32 Å². The Balaban J connectivity index is 2.43. The summed E-state index contributed by atoms with van der Waals surface area (Å²) in [6.45, 7) is 3.82. The Hall–Kier alpha value is -1.75. The molecule has 0 spiro atoms. The van der Waals surface area contributed by atoms with Crippen molar-refractivity contribution < 1.29 is 14.3 Å². The standard InChI is InChI=1S/C14H22N2O3/c1-3-4-9-19-10-8-16-14(17)11-6-5-7-12(15)13(11)18-2/h5-7H,3-4,8-10,15H2,1-2H3,(H,16,17). The zero-order valence-corrected chi connectivity index (χ0v) is 11.6. The van der Waals surface area contributed by atoms with Crippen molar-refractivity contribution in [1.29, 1.82) is 0 Å². The molecule has 1 aromatic carbocycles. The maximum atomic E-state index is 12.0. The molecule has 3 N–H and O–H groups in total. The predicted octanol–water partition coefficient (Wildman–Crippen LogP) is 1.82. The number of para-hydroxylation sites is 1. The van der Waals surface area contributed by atoms with Gasteiger partial charge in [0.05, 0.1) is 25.0 Å². The summed E-state index contributed by atoms with van der Waals surface area (Å²) in [5, 5.41) is 2.78. The van der Waals surface area contributed by atoms with Crippen molar-refractivity contribution in [2.45, 2.75) is 19.8 Å². The third-order valence-corrected chi connectivity index (χ3v) is 2.67. The number of ether oxygens (including phenoxy) is 2. The molecule has 106 valence electrons. The molecule has 0 radical (unpaired) electrons. The molecule has 1 aromatic rings. The summed E-state index contributed by atoms with van der Waals surface area (Å²) in [5.41, 5.74) is 6.64. The first kappa shape index (κ1) is 15.3. The average molecular weight is 266 g/mol. The van der Waals surface area contributed by atoms with Gasteiger partial charge in [0.15, 0.2) is 5.75 Å². The van der Waals surface area contributed by atoms with Crippen LogP contribution in [0.25, 0.3) is 0 Å². The Morgan fingerprint density at radius 1 is 1.37 bits per heavy atom. The van der Waals surface area contributed by atoms with Crippen molar-refractivity contribution in [2.75, 3.05) is 32.6 Å². The van der Waals surface area contributed by atoms with Crippen LogP contribution in [0.2, 0.25) is 0 Å². The van der Waals surface area contributed by atoms with Crippen LogP contribution >= 0.6 is 0 Å². The van der Waals surface area contributed by atoms with Gasteiger partial charge < -0.3 is 20.5 Å². The van der Waals surface area contributed by atoms with Crippen molar-refractivity contribution in [3.63, 3.8) is 0 Å². The summed E-state index contributed by atoms with van der Waals surface area (Å²) in [5.74, 6) is 0.204. The lowest BCUT2D eigenvalue weighted by Gasteiger charge is -2.11. The van der Waals surface area contributed by atoms with Gasteiger partial charge in [0.1, 0.15) is 0 Å². The zero-order valence-electron chi connectivity index (χ0n) is 11.6. The van der Waals surface area contributed by atoms with E-state index in [0.717, 1.165) is 19.4 Å². The number of hydrogen-bond acceptors (Lipinski definition) is 4. The lowest BCUT2D eigenvalue weighted by Crippen LogP contribution is -2.27. The zero-order chi connectivity index (χ0) is 14.1. The van der Waals surface area contributed by atoms with Gasteiger partial charge in [-0.05, 0) is 18.6 Å². The number of unbranched alkanes of at least 4 members (excludes halogenated alkanes) is 1. The Morgan fingerprint density at radius 3 is 2.84 bits per heavy atom. The van der Waals surface area contributed by atoms with Crippen LogP contribution in [0.5, 0.6) is 5.75 Å². The van der Waals surface area contributed by atoms with Gasteiger partial charge in [0.25, 0.3) is 5.91 Å². The molecule has 0 aromatic heterocycles. The smallest absolute Gasteiger partial charge is 0.255 e. The van der Waals surface area contributed by atoms with Gasteiger partial charge in [-0.1, -0.05) is 19.4 Å². The minimum atomic E-state index is -0.205. The lowest BCUT2D eigenvalue weighted by molar-refractivity contribution is 0.0910. The molecule has 1 amide bonds. The number of methoxy groups -OCH3 is 1. The molecule has 0 fully saturated rings. The summed E-state index contributed by atoms with van der Waals surface area (Å²) in [6.07, 6.45) is 2.14. The Bertz CT molecular complexity index is 408. The molecular weight excluding hydrogens is 244 g/mol. The summed E-state index contributed by atoms with van der Waals surface area (Å²) < 4.78 is 10.5. The molecule has 0 atom stereocenters. The van der Waals surface area contributed by atoms with E-state index in [1.54, 1.807) is 18.2 Å². The Morgan fingerprint density at radius 2 is 2.16 bits per heavy atom. The van der Waals surface area contributed by atoms with Crippen LogP contribution in [-0.4, -0.2) is 32.8 Å². The van der Waals surface area contributed by atoms with E-state index in [-0.39, 0.29) is 5.91 Å². The monoisotopic (exact) mass is 266 g/mol. The quantitative estimate of drug-likeness (QED) is 0.556. The van der Waals surface area contributed by atoms with E-state index in [0.29, 0.717) is 30.2 Å². The molecule has 0 saturated carbocycles. The molecule has 5 heteroatoms. The Labute approximate surface area is 114 Å². The van der Waals surface area contributed by atoms with Crippen LogP contribution in [-0.2, 0) is 4.74 Å². The first-order chi connectivity index (χ1) is 9.20. The Kier molecular flexibility index (Phi) is 6.74. The fraction of sp³-hybridized carbons (Fsp3) is 0.500. The highest BCUT2D eigenvalue weighted by atomic mass is 16.5. The lowest BCUT2D eigenvalue weighted by atomic mass is 10.1. The van der Waals surface area contributed by atoms with Crippen LogP contribution < -0.4 is 15.8 Å². The van der Waals surface area contributed by atoms with Gasteiger partial charge >= 0.3 is 0 Å². The van der Waals surface area contributed by atoms with Crippen molar-refractivity contribution in [3.05, 3.63) is 23.8 Å². The highest BCUT2D eigenvalue weighted by Gasteiger charge is 2.13. The van der Waals surface area contributed by atoms with Crippen molar-refractivity contribution >= 4 is 11.6 Å². The molecule has 0 aliphatic carbocycles. The fourth-order valence-electron chi connectivity index (χ4n) is 1.64. The molecule has 5 nitrogen and oxygen atoms in total. The SMILES string of the molecule is CCCCOCCNC(=O)c1cccc(N)c1OC. The summed E-state index contributed by atoms with van der Waals surface area (Å²) in [6, 6.07) is 5.11.